The Morgan fingerprint density at radius 1 is 1.03 bits per heavy atom. The van der Waals surface area contributed by atoms with E-state index in [1.165, 1.54) is 31.4 Å². The summed E-state index contributed by atoms with van der Waals surface area (Å²) < 4.78 is 13.5. The highest BCUT2D eigenvalue weighted by Crippen LogP contribution is 2.26. The maximum absolute atomic E-state index is 13.5. The minimum atomic E-state index is -0.316. The Labute approximate surface area is 193 Å². The molecule has 1 aromatic heterocycles. The standard InChI is InChI=1S/C25H29FN4OS/c1-28(16-20-8-4-2-5-9-20)18-24(31)30(23-12-10-21(26)11-13-23)17-22-19-32-25(27-22)29-14-6-3-7-15-29/h2,4-5,8-13,19H,3,6-7,14-18H2,1H3. The molecule has 7 heteroatoms. The molecule has 0 spiro atoms. The van der Waals surface area contributed by atoms with Crippen molar-refractivity contribution in [2.45, 2.75) is 32.4 Å². The zero-order valence-corrected chi connectivity index (χ0v) is 19.2. The molecule has 0 radical (unpaired) electrons. The predicted molar refractivity (Wildman–Crippen MR) is 129 cm³/mol. The van der Waals surface area contributed by atoms with Crippen molar-refractivity contribution < 1.29 is 9.18 Å². The van der Waals surface area contributed by atoms with Gasteiger partial charge in [-0.1, -0.05) is 30.3 Å². The number of piperidine rings is 1. The van der Waals surface area contributed by atoms with Gasteiger partial charge in [0, 0.05) is 30.7 Å². The summed E-state index contributed by atoms with van der Waals surface area (Å²) in [5, 5.41) is 3.05. The van der Waals surface area contributed by atoms with Gasteiger partial charge in [0.25, 0.3) is 0 Å². The second-order valence-corrected chi connectivity index (χ2v) is 9.12. The molecule has 4 rings (SSSR count). The summed E-state index contributed by atoms with van der Waals surface area (Å²) in [6.45, 7) is 3.39. The number of hydrogen-bond acceptors (Lipinski definition) is 5. The zero-order chi connectivity index (χ0) is 22.3. The lowest BCUT2D eigenvalue weighted by atomic mass is 10.1. The van der Waals surface area contributed by atoms with E-state index in [1.54, 1.807) is 28.4 Å². The molecule has 0 atom stereocenters. The minimum absolute atomic E-state index is 0.0393. The number of halogens is 1. The van der Waals surface area contributed by atoms with Gasteiger partial charge in [-0.05, 0) is 56.1 Å². The Morgan fingerprint density at radius 3 is 2.47 bits per heavy atom. The summed E-state index contributed by atoms with van der Waals surface area (Å²) in [5.41, 5.74) is 2.69. The number of benzene rings is 2. The number of rotatable bonds is 8. The van der Waals surface area contributed by atoms with Crippen LogP contribution < -0.4 is 9.80 Å². The Kier molecular flexibility index (Phi) is 7.50. The van der Waals surface area contributed by atoms with E-state index in [0.29, 0.717) is 18.8 Å². The highest BCUT2D eigenvalue weighted by atomic mass is 32.1. The first-order chi connectivity index (χ1) is 15.6. The molecule has 3 aromatic rings. The van der Waals surface area contributed by atoms with Gasteiger partial charge in [-0.3, -0.25) is 9.69 Å². The number of nitrogens with zero attached hydrogens (tertiary/aromatic N) is 4. The van der Waals surface area contributed by atoms with Gasteiger partial charge >= 0.3 is 0 Å². The van der Waals surface area contributed by atoms with Crippen molar-refractivity contribution >= 4 is 28.1 Å². The number of hydrogen-bond donors (Lipinski definition) is 0. The fraction of sp³-hybridized carbons (Fsp3) is 0.360. The molecule has 1 amide bonds. The second kappa shape index (κ2) is 10.7. The molecule has 0 bridgehead atoms. The van der Waals surface area contributed by atoms with Gasteiger partial charge in [-0.25, -0.2) is 9.37 Å². The van der Waals surface area contributed by atoms with Crippen molar-refractivity contribution in [1.82, 2.24) is 9.88 Å². The maximum Gasteiger partial charge on any atom is 0.241 e. The van der Waals surface area contributed by atoms with Gasteiger partial charge in [0.1, 0.15) is 5.82 Å². The third kappa shape index (κ3) is 5.93. The first kappa shape index (κ1) is 22.4. The van der Waals surface area contributed by atoms with E-state index in [0.717, 1.165) is 29.5 Å². The van der Waals surface area contributed by atoms with Gasteiger partial charge in [-0.2, -0.15) is 0 Å². The molecule has 168 valence electrons. The summed E-state index contributed by atoms with van der Waals surface area (Å²) in [7, 11) is 1.94. The lowest BCUT2D eigenvalue weighted by molar-refractivity contribution is -0.119. The van der Waals surface area contributed by atoms with Crippen LogP contribution >= 0.6 is 11.3 Å². The Bertz CT molecular complexity index is 1000. The molecule has 1 fully saturated rings. The van der Waals surface area contributed by atoms with E-state index in [1.807, 2.05) is 35.5 Å². The van der Waals surface area contributed by atoms with Crippen LogP contribution in [0.1, 0.15) is 30.5 Å². The fourth-order valence-corrected chi connectivity index (χ4v) is 4.84. The zero-order valence-electron chi connectivity index (χ0n) is 18.4. The molecule has 5 nitrogen and oxygen atoms in total. The number of likely N-dealkylation sites (N-methyl/N-ethyl adjacent to an activating group) is 1. The van der Waals surface area contributed by atoms with E-state index in [4.69, 9.17) is 4.98 Å². The number of amides is 1. The smallest absolute Gasteiger partial charge is 0.241 e. The van der Waals surface area contributed by atoms with E-state index >= 15 is 0 Å². The van der Waals surface area contributed by atoms with Crippen LogP contribution in [0, 0.1) is 5.82 Å². The Morgan fingerprint density at radius 2 is 1.75 bits per heavy atom. The van der Waals surface area contributed by atoms with Crippen molar-refractivity contribution in [3.05, 3.63) is 77.1 Å². The van der Waals surface area contributed by atoms with Crippen LogP contribution in [0.5, 0.6) is 0 Å². The monoisotopic (exact) mass is 452 g/mol. The summed E-state index contributed by atoms with van der Waals surface area (Å²) in [6, 6.07) is 16.2. The van der Waals surface area contributed by atoms with Crippen LogP contribution in [-0.2, 0) is 17.9 Å². The number of carbonyl (C=O) groups is 1. The van der Waals surface area contributed by atoms with Crippen molar-refractivity contribution in [3.8, 4) is 0 Å². The fourth-order valence-electron chi connectivity index (χ4n) is 3.97. The highest BCUT2D eigenvalue weighted by Gasteiger charge is 2.21. The SMILES string of the molecule is CN(CC(=O)N(Cc1csc(N2CCCCC2)n1)c1ccc(F)cc1)Cc1ccccc1. The quantitative estimate of drug-likeness (QED) is 0.486. The first-order valence-corrected chi connectivity index (χ1v) is 11.9. The normalized spacial score (nSPS) is 14.0. The molecule has 1 aliphatic heterocycles. The van der Waals surface area contributed by atoms with Crippen LogP contribution in [0.4, 0.5) is 15.2 Å². The molecule has 0 aliphatic carbocycles. The number of aromatic nitrogens is 1. The largest absolute Gasteiger partial charge is 0.348 e. The lowest BCUT2D eigenvalue weighted by Crippen LogP contribution is -2.38. The maximum atomic E-state index is 13.5. The van der Waals surface area contributed by atoms with E-state index < -0.39 is 0 Å². The molecule has 1 saturated heterocycles. The van der Waals surface area contributed by atoms with Crippen LogP contribution in [0.2, 0.25) is 0 Å². The molecule has 0 N–H and O–H groups in total. The van der Waals surface area contributed by atoms with Crippen LogP contribution in [0.3, 0.4) is 0 Å². The number of thiazole rings is 1. The summed E-state index contributed by atoms with van der Waals surface area (Å²) in [5.74, 6) is -0.356. The molecule has 32 heavy (non-hydrogen) atoms. The van der Waals surface area contributed by atoms with Crippen LogP contribution in [0.25, 0.3) is 0 Å². The Hall–Kier alpha value is -2.77. The number of carbonyl (C=O) groups excluding carboxylic acids is 1. The van der Waals surface area contributed by atoms with Crippen molar-refractivity contribution in [2.24, 2.45) is 0 Å². The molecule has 0 unspecified atom stereocenters. The summed E-state index contributed by atoms with van der Waals surface area (Å²) in [4.78, 5) is 24.1. The third-order valence-electron chi connectivity index (χ3n) is 5.63. The molecule has 1 aliphatic rings. The summed E-state index contributed by atoms with van der Waals surface area (Å²) >= 11 is 1.63. The van der Waals surface area contributed by atoms with Gasteiger partial charge in [-0.15, -0.1) is 11.3 Å². The van der Waals surface area contributed by atoms with Gasteiger partial charge in [0.15, 0.2) is 5.13 Å². The average Bonchev–Trinajstić information content (AvgIpc) is 3.28. The van der Waals surface area contributed by atoms with E-state index in [2.05, 4.69) is 17.0 Å². The topological polar surface area (TPSA) is 39.7 Å². The van der Waals surface area contributed by atoms with E-state index in [-0.39, 0.29) is 18.3 Å². The van der Waals surface area contributed by atoms with Crippen molar-refractivity contribution in [1.29, 1.82) is 0 Å². The first-order valence-electron chi connectivity index (χ1n) is 11.1. The van der Waals surface area contributed by atoms with Gasteiger partial charge in [0.2, 0.25) is 5.91 Å². The molecule has 0 saturated carbocycles. The van der Waals surface area contributed by atoms with Gasteiger partial charge in [0.05, 0.1) is 18.8 Å². The lowest BCUT2D eigenvalue weighted by Gasteiger charge is -2.26. The van der Waals surface area contributed by atoms with Crippen LogP contribution in [-0.4, -0.2) is 42.5 Å². The predicted octanol–water partition coefficient (Wildman–Crippen LogP) is 4.94. The van der Waals surface area contributed by atoms with Gasteiger partial charge < -0.3 is 9.80 Å². The van der Waals surface area contributed by atoms with Crippen molar-refractivity contribution in [2.75, 3.05) is 36.5 Å². The minimum Gasteiger partial charge on any atom is -0.348 e. The Balaban J connectivity index is 1.48. The molecule has 2 aromatic carbocycles. The molecular formula is C25H29FN4OS. The molecule has 2 heterocycles. The average molecular weight is 453 g/mol. The second-order valence-electron chi connectivity index (χ2n) is 8.28. The highest BCUT2D eigenvalue weighted by molar-refractivity contribution is 7.13. The molecular weight excluding hydrogens is 423 g/mol. The third-order valence-corrected chi connectivity index (χ3v) is 6.58. The number of anilines is 2. The van der Waals surface area contributed by atoms with Crippen molar-refractivity contribution in [3.63, 3.8) is 0 Å². The summed E-state index contributed by atoms with van der Waals surface area (Å²) in [6.07, 6.45) is 3.67. The van der Waals surface area contributed by atoms with Crippen LogP contribution in [0.15, 0.2) is 60.0 Å². The van der Waals surface area contributed by atoms with E-state index in [9.17, 15) is 9.18 Å².